The molecular weight excluding hydrogens is 277 g/mol. The number of nitro groups is 1. The molecule has 1 amide bonds. The first-order chi connectivity index (χ1) is 9.88. The Morgan fingerprint density at radius 3 is 2.81 bits per heavy atom. The van der Waals surface area contributed by atoms with Gasteiger partial charge in [-0.25, -0.2) is 4.39 Å². The summed E-state index contributed by atoms with van der Waals surface area (Å²) in [6.45, 7) is 2.63. The fraction of sp³-hybridized carbons (Fsp3) is 0.500. The monoisotopic (exact) mass is 295 g/mol. The lowest BCUT2D eigenvalue weighted by molar-refractivity contribution is -0.385. The maximum absolute atomic E-state index is 13.3. The van der Waals surface area contributed by atoms with Crippen LogP contribution in [0.1, 0.15) is 36.5 Å². The zero-order chi connectivity index (χ0) is 15.6. The van der Waals surface area contributed by atoms with Crippen LogP contribution < -0.4 is 11.1 Å². The molecule has 1 aliphatic rings. The Balaban J connectivity index is 2.11. The number of hydrogen-bond donors (Lipinski definition) is 2. The van der Waals surface area contributed by atoms with Crippen LogP contribution in [-0.2, 0) is 0 Å². The number of nitro benzene ring substituents is 1. The van der Waals surface area contributed by atoms with Crippen molar-refractivity contribution in [1.29, 1.82) is 0 Å². The molecule has 2 unspecified atom stereocenters. The van der Waals surface area contributed by atoms with Gasteiger partial charge in [-0.1, -0.05) is 13.3 Å². The van der Waals surface area contributed by atoms with E-state index in [0.717, 1.165) is 25.3 Å². The van der Waals surface area contributed by atoms with Crippen LogP contribution in [0.3, 0.4) is 0 Å². The fourth-order valence-corrected chi connectivity index (χ4v) is 2.76. The first-order valence-corrected chi connectivity index (χ1v) is 6.90. The Hall–Kier alpha value is -2.18. The average molecular weight is 295 g/mol. The lowest BCUT2D eigenvalue weighted by Crippen LogP contribution is -2.29. The third kappa shape index (κ3) is 3.48. The highest BCUT2D eigenvalue weighted by molar-refractivity contribution is 5.99. The summed E-state index contributed by atoms with van der Waals surface area (Å²) in [5.74, 6) is -0.459. The second-order valence-corrected chi connectivity index (χ2v) is 5.64. The minimum atomic E-state index is -0.900. The normalized spacial score (nSPS) is 21.2. The predicted octanol–water partition coefficient (Wildman–Crippen LogP) is 2.48. The Morgan fingerprint density at radius 1 is 1.52 bits per heavy atom. The van der Waals surface area contributed by atoms with Gasteiger partial charge >= 0.3 is 0 Å². The SMILES string of the molecule is CC1CCC(CNC(=O)c2cc(N)c(F)cc2[N+](=O)[O-])C1. The zero-order valence-electron chi connectivity index (χ0n) is 11.8. The van der Waals surface area contributed by atoms with Crippen molar-refractivity contribution in [3.63, 3.8) is 0 Å². The molecule has 21 heavy (non-hydrogen) atoms. The van der Waals surface area contributed by atoms with E-state index in [2.05, 4.69) is 12.2 Å². The Kier molecular flexibility index (Phi) is 4.40. The van der Waals surface area contributed by atoms with Crippen molar-refractivity contribution in [3.05, 3.63) is 33.6 Å². The second-order valence-electron chi connectivity index (χ2n) is 5.64. The average Bonchev–Trinajstić information content (AvgIpc) is 2.84. The number of carbonyl (C=O) groups is 1. The predicted molar refractivity (Wildman–Crippen MR) is 76.3 cm³/mol. The smallest absolute Gasteiger partial charge is 0.285 e. The van der Waals surface area contributed by atoms with E-state index in [1.165, 1.54) is 0 Å². The van der Waals surface area contributed by atoms with Crippen molar-refractivity contribution < 1.29 is 14.1 Å². The molecule has 1 fully saturated rings. The number of nitrogen functional groups attached to an aromatic ring is 1. The lowest BCUT2D eigenvalue weighted by Gasteiger charge is -2.11. The number of halogens is 1. The maximum atomic E-state index is 13.3. The molecule has 0 bridgehead atoms. The summed E-state index contributed by atoms with van der Waals surface area (Å²) in [6.07, 6.45) is 3.20. The van der Waals surface area contributed by atoms with Crippen molar-refractivity contribution in [1.82, 2.24) is 5.32 Å². The molecule has 1 aliphatic carbocycles. The molecular formula is C14H18FN3O3. The molecule has 0 heterocycles. The maximum Gasteiger partial charge on any atom is 0.285 e. The van der Waals surface area contributed by atoms with Crippen LogP contribution in [0, 0.1) is 27.8 Å². The molecule has 0 radical (unpaired) electrons. The highest BCUT2D eigenvalue weighted by atomic mass is 19.1. The number of anilines is 1. The lowest BCUT2D eigenvalue weighted by atomic mass is 10.1. The molecule has 0 aromatic heterocycles. The van der Waals surface area contributed by atoms with Gasteiger partial charge in [0.05, 0.1) is 16.7 Å². The standard InChI is InChI=1S/C14H18FN3O3/c1-8-2-3-9(4-8)7-17-14(19)10-5-12(16)11(15)6-13(10)18(20)21/h5-6,8-9H,2-4,7,16H2,1H3,(H,17,19). The van der Waals surface area contributed by atoms with Gasteiger partial charge in [0.1, 0.15) is 5.56 Å². The van der Waals surface area contributed by atoms with Crippen LogP contribution in [0.4, 0.5) is 15.8 Å². The molecule has 3 N–H and O–H groups in total. The number of benzene rings is 1. The number of carbonyl (C=O) groups excluding carboxylic acids is 1. The molecule has 7 heteroatoms. The van der Waals surface area contributed by atoms with E-state index < -0.39 is 22.3 Å². The highest BCUT2D eigenvalue weighted by Gasteiger charge is 2.25. The van der Waals surface area contributed by atoms with Crippen LogP contribution in [0.25, 0.3) is 0 Å². The first-order valence-electron chi connectivity index (χ1n) is 6.90. The third-order valence-electron chi connectivity index (χ3n) is 3.91. The number of hydrogen-bond acceptors (Lipinski definition) is 4. The minimum absolute atomic E-state index is 0.204. The van der Waals surface area contributed by atoms with E-state index >= 15 is 0 Å². The van der Waals surface area contributed by atoms with E-state index in [1.54, 1.807) is 0 Å². The van der Waals surface area contributed by atoms with Gasteiger partial charge in [0, 0.05) is 6.54 Å². The van der Waals surface area contributed by atoms with Gasteiger partial charge in [-0.3, -0.25) is 14.9 Å². The molecule has 6 nitrogen and oxygen atoms in total. The van der Waals surface area contributed by atoms with Crippen LogP contribution in [0.15, 0.2) is 12.1 Å². The molecule has 0 saturated heterocycles. The van der Waals surface area contributed by atoms with Gasteiger partial charge < -0.3 is 11.1 Å². The largest absolute Gasteiger partial charge is 0.396 e. The number of nitrogens with one attached hydrogen (secondary N) is 1. The van der Waals surface area contributed by atoms with Gasteiger partial charge in [0.25, 0.3) is 11.6 Å². The van der Waals surface area contributed by atoms with Crippen LogP contribution in [-0.4, -0.2) is 17.4 Å². The van der Waals surface area contributed by atoms with E-state index in [4.69, 9.17) is 5.73 Å². The van der Waals surface area contributed by atoms with E-state index in [0.29, 0.717) is 24.4 Å². The number of nitrogens with two attached hydrogens (primary N) is 1. The third-order valence-corrected chi connectivity index (χ3v) is 3.91. The molecule has 1 saturated carbocycles. The molecule has 2 rings (SSSR count). The minimum Gasteiger partial charge on any atom is -0.396 e. The van der Waals surface area contributed by atoms with Crippen molar-refractivity contribution in [2.45, 2.75) is 26.2 Å². The quantitative estimate of drug-likeness (QED) is 0.506. The van der Waals surface area contributed by atoms with Crippen molar-refractivity contribution in [2.75, 3.05) is 12.3 Å². The Labute approximate surface area is 121 Å². The van der Waals surface area contributed by atoms with Gasteiger partial charge in [-0.05, 0) is 30.7 Å². The Morgan fingerprint density at radius 2 is 2.24 bits per heavy atom. The first kappa shape index (κ1) is 15.2. The van der Waals surface area contributed by atoms with Crippen molar-refractivity contribution >= 4 is 17.3 Å². The van der Waals surface area contributed by atoms with Gasteiger partial charge in [0.15, 0.2) is 5.82 Å². The zero-order valence-corrected chi connectivity index (χ0v) is 11.8. The summed E-state index contributed by atoms with van der Waals surface area (Å²) >= 11 is 0. The summed E-state index contributed by atoms with van der Waals surface area (Å²) in [4.78, 5) is 22.2. The fourth-order valence-electron chi connectivity index (χ4n) is 2.76. The number of amides is 1. The molecule has 2 atom stereocenters. The summed E-state index contributed by atoms with van der Waals surface area (Å²) in [5.41, 5.74) is 4.33. The van der Waals surface area contributed by atoms with E-state index in [1.807, 2.05) is 0 Å². The highest BCUT2D eigenvalue weighted by Crippen LogP contribution is 2.30. The molecule has 1 aromatic carbocycles. The van der Waals surface area contributed by atoms with Gasteiger partial charge in [-0.2, -0.15) is 0 Å². The van der Waals surface area contributed by atoms with E-state index in [-0.39, 0.29) is 11.3 Å². The summed E-state index contributed by atoms with van der Waals surface area (Å²) in [5, 5.41) is 13.6. The molecule has 0 aliphatic heterocycles. The number of nitrogens with zero attached hydrogens (tertiary/aromatic N) is 1. The van der Waals surface area contributed by atoms with Crippen LogP contribution in [0.5, 0.6) is 0 Å². The molecule has 1 aromatic rings. The second kappa shape index (κ2) is 6.07. The van der Waals surface area contributed by atoms with E-state index in [9.17, 15) is 19.3 Å². The van der Waals surface area contributed by atoms with Crippen LogP contribution in [0.2, 0.25) is 0 Å². The summed E-state index contributed by atoms with van der Waals surface area (Å²) in [6, 6.07) is 1.70. The summed E-state index contributed by atoms with van der Waals surface area (Å²) in [7, 11) is 0. The Bertz CT molecular complexity index is 577. The summed E-state index contributed by atoms with van der Waals surface area (Å²) < 4.78 is 13.3. The van der Waals surface area contributed by atoms with Crippen molar-refractivity contribution in [2.24, 2.45) is 11.8 Å². The molecule has 114 valence electrons. The van der Waals surface area contributed by atoms with Gasteiger partial charge in [0.2, 0.25) is 0 Å². The van der Waals surface area contributed by atoms with Crippen molar-refractivity contribution in [3.8, 4) is 0 Å². The van der Waals surface area contributed by atoms with Gasteiger partial charge in [-0.15, -0.1) is 0 Å². The number of rotatable bonds is 4. The molecule has 0 spiro atoms. The van der Waals surface area contributed by atoms with Crippen LogP contribution >= 0.6 is 0 Å². The topological polar surface area (TPSA) is 98.3 Å².